The molecule has 0 spiro atoms. The smallest absolute Gasteiger partial charge is 0.149 e. The van der Waals surface area contributed by atoms with Gasteiger partial charge in [0.25, 0.3) is 0 Å². The van der Waals surface area contributed by atoms with Gasteiger partial charge in [-0.05, 0) is 48.7 Å². The minimum Gasteiger partial charge on any atom is -0.379 e. The molecule has 0 bridgehead atoms. The molecule has 3 heteroatoms. The van der Waals surface area contributed by atoms with Crippen LogP contribution in [0.4, 0.5) is 10.1 Å². The van der Waals surface area contributed by atoms with Crippen LogP contribution in [0.2, 0.25) is 5.02 Å². The lowest BCUT2D eigenvalue weighted by Gasteiger charge is -2.11. The van der Waals surface area contributed by atoms with Gasteiger partial charge in [0.1, 0.15) is 5.82 Å². The molecular formula is C15H15ClFN. The minimum absolute atomic E-state index is 0.191. The highest BCUT2D eigenvalue weighted by atomic mass is 35.5. The van der Waals surface area contributed by atoms with Crippen LogP contribution in [0.3, 0.4) is 0 Å². The first-order valence-electron chi connectivity index (χ1n) is 5.82. The lowest BCUT2D eigenvalue weighted by molar-refractivity contribution is 0.621. The highest BCUT2D eigenvalue weighted by molar-refractivity contribution is 6.30. The molecular weight excluding hydrogens is 249 g/mol. The molecule has 0 unspecified atom stereocenters. The van der Waals surface area contributed by atoms with Crippen molar-refractivity contribution in [1.82, 2.24) is 0 Å². The van der Waals surface area contributed by atoms with Crippen LogP contribution in [-0.2, 0) is 6.54 Å². The third-order valence-electron chi connectivity index (χ3n) is 2.97. The maximum absolute atomic E-state index is 13.8. The van der Waals surface area contributed by atoms with Crippen LogP contribution in [0.15, 0.2) is 36.4 Å². The van der Waals surface area contributed by atoms with Crippen LogP contribution >= 0.6 is 11.6 Å². The first-order chi connectivity index (χ1) is 8.58. The maximum Gasteiger partial charge on any atom is 0.149 e. The zero-order valence-electron chi connectivity index (χ0n) is 10.4. The number of hydrogen-bond acceptors (Lipinski definition) is 1. The second-order valence-electron chi connectivity index (χ2n) is 4.36. The van der Waals surface area contributed by atoms with Crippen LogP contribution in [-0.4, -0.2) is 0 Å². The molecule has 2 aromatic carbocycles. The van der Waals surface area contributed by atoms with Gasteiger partial charge >= 0.3 is 0 Å². The van der Waals surface area contributed by atoms with E-state index in [1.807, 2.05) is 31.2 Å². The summed E-state index contributed by atoms with van der Waals surface area (Å²) in [4.78, 5) is 0. The molecule has 0 aromatic heterocycles. The molecule has 94 valence electrons. The molecule has 0 aliphatic heterocycles. The first kappa shape index (κ1) is 12.9. The van der Waals surface area contributed by atoms with Crippen LogP contribution in [0.25, 0.3) is 0 Å². The summed E-state index contributed by atoms with van der Waals surface area (Å²) in [5, 5.41) is 3.83. The number of anilines is 1. The SMILES string of the molecule is Cc1cc(Cl)ccc1CNc1cccc(C)c1F. The summed E-state index contributed by atoms with van der Waals surface area (Å²) >= 11 is 5.90. The Balaban J connectivity index is 2.14. The lowest BCUT2D eigenvalue weighted by atomic mass is 10.1. The van der Waals surface area contributed by atoms with Gasteiger partial charge in [-0.25, -0.2) is 4.39 Å². The van der Waals surface area contributed by atoms with Gasteiger partial charge in [-0.3, -0.25) is 0 Å². The van der Waals surface area contributed by atoms with Gasteiger partial charge in [0, 0.05) is 11.6 Å². The van der Waals surface area contributed by atoms with Crippen molar-refractivity contribution >= 4 is 17.3 Å². The van der Waals surface area contributed by atoms with Gasteiger partial charge < -0.3 is 5.32 Å². The van der Waals surface area contributed by atoms with E-state index in [2.05, 4.69) is 5.32 Å². The third kappa shape index (κ3) is 2.82. The van der Waals surface area contributed by atoms with Crippen molar-refractivity contribution in [3.8, 4) is 0 Å². The fourth-order valence-corrected chi connectivity index (χ4v) is 2.06. The van der Waals surface area contributed by atoms with Gasteiger partial charge in [0.05, 0.1) is 5.69 Å². The number of hydrogen-bond donors (Lipinski definition) is 1. The molecule has 0 aliphatic rings. The Morgan fingerprint density at radius 3 is 2.61 bits per heavy atom. The summed E-state index contributed by atoms with van der Waals surface area (Å²) in [5.41, 5.74) is 3.39. The van der Waals surface area contributed by atoms with Crippen molar-refractivity contribution in [2.75, 3.05) is 5.32 Å². The van der Waals surface area contributed by atoms with Crippen LogP contribution in [0, 0.1) is 19.7 Å². The van der Waals surface area contributed by atoms with E-state index in [1.54, 1.807) is 19.1 Å². The Morgan fingerprint density at radius 1 is 1.11 bits per heavy atom. The predicted octanol–water partition coefficient (Wildman–Crippen LogP) is 4.71. The van der Waals surface area contributed by atoms with Crippen LogP contribution < -0.4 is 5.32 Å². The molecule has 0 radical (unpaired) electrons. The number of aryl methyl sites for hydroxylation is 2. The molecule has 18 heavy (non-hydrogen) atoms. The number of halogens is 2. The maximum atomic E-state index is 13.8. The van der Waals surface area contributed by atoms with Crippen molar-refractivity contribution in [3.63, 3.8) is 0 Å². The normalized spacial score (nSPS) is 10.4. The molecule has 0 aliphatic carbocycles. The molecule has 0 fully saturated rings. The summed E-state index contributed by atoms with van der Waals surface area (Å²) in [5.74, 6) is -0.191. The van der Waals surface area contributed by atoms with Crippen molar-refractivity contribution in [1.29, 1.82) is 0 Å². The van der Waals surface area contributed by atoms with E-state index in [0.717, 1.165) is 16.1 Å². The lowest BCUT2D eigenvalue weighted by Crippen LogP contribution is -2.03. The van der Waals surface area contributed by atoms with E-state index in [1.165, 1.54) is 0 Å². The fourth-order valence-electron chi connectivity index (χ4n) is 1.83. The van der Waals surface area contributed by atoms with E-state index in [9.17, 15) is 4.39 Å². The van der Waals surface area contributed by atoms with Crippen molar-refractivity contribution in [2.45, 2.75) is 20.4 Å². The molecule has 2 rings (SSSR count). The van der Waals surface area contributed by atoms with Crippen molar-refractivity contribution < 1.29 is 4.39 Å². The molecule has 0 heterocycles. The van der Waals surface area contributed by atoms with Gasteiger partial charge in [0.15, 0.2) is 0 Å². The number of nitrogens with one attached hydrogen (secondary N) is 1. The van der Waals surface area contributed by atoms with Crippen molar-refractivity contribution in [2.24, 2.45) is 0 Å². The zero-order chi connectivity index (χ0) is 13.1. The molecule has 0 amide bonds. The zero-order valence-corrected chi connectivity index (χ0v) is 11.2. The molecule has 1 nitrogen and oxygen atoms in total. The quantitative estimate of drug-likeness (QED) is 0.846. The Labute approximate surface area is 112 Å². The third-order valence-corrected chi connectivity index (χ3v) is 3.20. The van der Waals surface area contributed by atoms with Gasteiger partial charge in [0.2, 0.25) is 0 Å². The average Bonchev–Trinajstić information content (AvgIpc) is 2.33. The number of benzene rings is 2. The predicted molar refractivity (Wildman–Crippen MR) is 74.7 cm³/mol. The van der Waals surface area contributed by atoms with Gasteiger partial charge in [-0.15, -0.1) is 0 Å². The molecule has 0 saturated carbocycles. The fraction of sp³-hybridized carbons (Fsp3) is 0.200. The molecule has 1 N–H and O–H groups in total. The Kier molecular flexibility index (Phi) is 3.87. The standard InChI is InChI=1S/C15H15ClFN/c1-10-4-3-5-14(15(10)17)18-9-12-6-7-13(16)8-11(12)2/h3-8,18H,9H2,1-2H3. The summed E-state index contributed by atoms with van der Waals surface area (Å²) in [6.07, 6.45) is 0. The Bertz CT molecular complexity index is 566. The first-order valence-corrected chi connectivity index (χ1v) is 6.20. The second kappa shape index (κ2) is 5.40. The monoisotopic (exact) mass is 263 g/mol. The van der Waals surface area contributed by atoms with E-state index >= 15 is 0 Å². The van der Waals surface area contributed by atoms with E-state index in [0.29, 0.717) is 17.8 Å². The van der Waals surface area contributed by atoms with E-state index < -0.39 is 0 Å². The average molecular weight is 264 g/mol. The van der Waals surface area contributed by atoms with E-state index in [-0.39, 0.29) is 5.82 Å². The largest absolute Gasteiger partial charge is 0.379 e. The Morgan fingerprint density at radius 2 is 1.89 bits per heavy atom. The van der Waals surface area contributed by atoms with E-state index in [4.69, 9.17) is 11.6 Å². The summed E-state index contributed by atoms with van der Waals surface area (Å²) in [6.45, 7) is 4.34. The van der Waals surface area contributed by atoms with Gasteiger partial charge in [-0.2, -0.15) is 0 Å². The highest BCUT2D eigenvalue weighted by Crippen LogP contribution is 2.20. The summed E-state index contributed by atoms with van der Waals surface area (Å²) in [7, 11) is 0. The van der Waals surface area contributed by atoms with Crippen molar-refractivity contribution in [3.05, 3.63) is 63.9 Å². The highest BCUT2D eigenvalue weighted by Gasteiger charge is 2.05. The molecule has 2 aromatic rings. The topological polar surface area (TPSA) is 12.0 Å². The van der Waals surface area contributed by atoms with Gasteiger partial charge in [-0.1, -0.05) is 29.8 Å². The van der Waals surface area contributed by atoms with Crippen LogP contribution in [0.1, 0.15) is 16.7 Å². The minimum atomic E-state index is -0.191. The second-order valence-corrected chi connectivity index (χ2v) is 4.80. The molecule has 0 saturated heterocycles. The van der Waals surface area contributed by atoms with Crippen LogP contribution in [0.5, 0.6) is 0 Å². The molecule has 0 atom stereocenters. The number of rotatable bonds is 3. The summed E-state index contributed by atoms with van der Waals surface area (Å²) in [6, 6.07) is 11.1. The Hall–Kier alpha value is -1.54. The summed E-state index contributed by atoms with van der Waals surface area (Å²) < 4.78 is 13.8.